The molecule has 3 heteroatoms. The Balaban J connectivity index is 1.59. The third-order valence-electron chi connectivity index (χ3n) is 4.70. The van der Waals surface area contributed by atoms with Crippen LogP contribution >= 0.6 is 0 Å². The summed E-state index contributed by atoms with van der Waals surface area (Å²) < 4.78 is 2.24. The van der Waals surface area contributed by atoms with Crippen LogP contribution in [0.15, 0.2) is 36.7 Å². The van der Waals surface area contributed by atoms with E-state index in [4.69, 9.17) is 0 Å². The van der Waals surface area contributed by atoms with Crippen molar-refractivity contribution < 1.29 is 0 Å². The molecule has 1 heterocycles. The highest BCUT2D eigenvalue weighted by atomic mass is 15.1. The second kappa shape index (κ2) is 6.44. The van der Waals surface area contributed by atoms with Gasteiger partial charge >= 0.3 is 0 Å². The second-order valence-electron chi connectivity index (χ2n) is 6.11. The largest absolute Gasteiger partial charge is 0.335 e. The molecule has 0 amide bonds. The van der Waals surface area contributed by atoms with Gasteiger partial charge in [-0.2, -0.15) is 0 Å². The standard InChI is InChI=1S/C18H25N3/c1-15-19-11-14-21(15)13-6-12-20(2)18-10-5-8-16-7-3-4-9-17(16)18/h3-4,7,9,11,14,18H,5-6,8,10,12-13H2,1-2H3. The molecule has 1 aromatic carbocycles. The molecular weight excluding hydrogens is 258 g/mol. The van der Waals surface area contributed by atoms with Gasteiger partial charge in [-0.3, -0.25) is 4.90 Å². The van der Waals surface area contributed by atoms with Crippen LogP contribution in [-0.4, -0.2) is 28.0 Å². The summed E-state index contributed by atoms with van der Waals surface area (Å²) in [5.41, 5.74) is 3.09. The minimum atomic E-state index is 0.596. The summed E-state index contributed by atoms with van der Waals surface area (Å²) in [6, 6.07) is 9.56. The Bertz CT molecular complexity index is 588. The molecule has 0 saturated heterocycles. The van der Waals surface area contributed by atoms with E-state index in [1.807, 2.05) is 6.20 Å². The minimum Gasteiger partial charge on any atom is -0.335 e. The average molecular weight is 283 g/mol. The number of benzene rings is 1. The molecule has 0 radical (unpaired) electrons. The Labute approximate surface area is 127 Å². The highest BCUT2D eigenvalue weighted by Crippen LogP contribution is 2.33. The van der Waals surface area contributed by atoms with Crippen molar-refractivity contribution in [2.45, 2.75) is 45.2 Å². The van der Waals surface area contributed by atoms with Gasteiger partial charge in [-0.25, -0.2) is 4.98 Å². The number of imidazole rings is 1. The number of aromatic nitrogens is 2. The van der Waals surface area contributed by atoms with E-state index in [0.29, 0.717) is 6.04 Å². The van der Waals surface area contributed by atoms with Crippen LogP contribution in [0.25, 0.3) is 0 Å². The molecule has 0 aliphatic heterocycles. The van der Waals surface area contributed by atoms with Crippen LogP contribution in [-0.2, 0) is 13.0 Å². The highest BCUT2D eigenvalue weighted by molar-refractivity contribution is 5.32. The smallest absolute Gasteiger partial charge is 0.105 e. The van der Waals surface area contributed by atoms with E-state index in [1.54, 1.807) is 11.1 Å². The fourth-order valence-electron chi connectivity index (χ4n) is 3.47. The first kappa shape index (κ1) is 14.3. The maximum atomic E-state index is 4.28. The maximum Gasteiger partial charge on any atom is 0.105 e. The van der Waals surface area contributed by atoms with Crippen LogP contribution in [0.3, 0.4) is 0 Å². The van der Waals surface area contributed by atoms with Crippen LogP contribution in [0, 0.1) is 6.92 Å². The van der Waals surface area contributed by atoms with Gasteiger partial charge in [0.2, 0.25) is 0 Å². The number of fused-ring (bicyclic) bond motifs is 1. The molecule has 21 heavy (non-hydrogen) atoms. The predicted octanol–water partition coefficient (Wildman–Crippen LogP) is 3.59. The summed E-state index contributed by atoms with van der Waals surface area (Å²) in [6.45, 7) is 4.27. The summed E-state index contributed by atoms with van der Waals surface area (Å²) in [6.07, 6.45) is 8.98. The van der Waals surface area contributed by atoms with Gasteiger partial charge in [0.15, 0.2) is 0 Å². The molecule has 0 spiro atoms. The topological polar surface area (TPSA) is 21.1 Å². The van der Waals surface area contributed by atoms with Crippen LogP contribution in [0.1, 0.15) is 42.3 Å². The number of rotatable bonds is 5. The number of hydrogen-bond donors (Lipinski definition) is 0. The molecule has 1 aliphatic rings. The number of nitrogens with zero attached hydrogens (tertiary/aromatic N) is 3. The molecule has 0 saturated carbocycles. The van der Waals surface area contributed by atoms with Crippen LogP contribution in [0.2, 0.25) is 0 Å². The Morgan fingerprint density at radius 1 is 1.33 bits per heavy atom. The van der Waals surface area contributed by atoms with E-state index >= 15 is 0 Å². The Kier molecular flexibility index (Phi) is 4.39. The molecule has 1 aromatic heterocycles. The highest BCUT2D eigenvalue weighted by Gasteiger charge is 2.22. The van der Waals surface area contributed by atoms with E-state index in [0.717, 1.165) is 18.9 Å². The van der Waals surface area contributed by atoms with Crippen molar-refractivity contribution in [1.82, 2.24) is 14.5 Å². The van der Waals surface area contributed by atoms with E-state index in [2.05, 4.69) is 58.9 Å². The van der Waals surface area contributed by atoms with Crippen molar-refractivity contribution in [1.29, 1.82) is 0 Å². The minimum absolute atomic E-state index is 0.596. The zero-order valence-corrected chi connectivity index (χ0v) is 13.1. The van der Waals surface area contributed by atoms with Gasteiger partial charge in [0.25, 0.3) is 0 Å². The quantitative estimate of drug-likeness (QED) is 0.836. The number of hydrogen-bond acceptors (Lipinski definition) is 2. The van der Waals surface area contributed by atoms with E-state index in [1.165, 1.54) is 25.7 Å². The Morgan fingerprint density at radius 3 is 3.00 bits per heavy atom. The van der Waals surface area contributed by atoms with Crippen molar-refractivity contribution in [2.24, 2.45) is 0 Å². The van der Waals surface area contributed by atoms with Gasteiger partial charge in [0.1, 0.15) is 5.82 Å². The number of aryl methyl sites for hydroxylation is 3. The average Bonchev–Trinajstić information content (AvgIpc) is 2.92. The third kappa shape index (κ3) is 3.18. The maximum absolute atomic E-state index is 4.28. The van der Waals surface area contributed by atoms with E-state index in [-0.39, 0.29) is 0 Å². The fraction of sp³-hybridized carbons (Fsp3) is 0.500. The van der Waals surface area contributed by atoms with Crippen LogP contribution in [0.5, 0.6) is 0 Å². The molecule has 1 atom stereocenters. The van der Waals surface area contributed by atoms with Crippen LogP contribution < -0.4 is 0 Å². The monoisotopic (exact) mass is 283 g/mol. The molecule has 1 aliphatic carbocycles. The van der Waals surface area contributed by atoms with Gasteiger partial charge in [0, 0.05) is 31.5 Å². The van der Waals surface area contributed by atoms with Gasteiger partial charge in [-0.1, -0.05) is 24.3 Å². The molecule has 3 rings (SSSR count). The first-order chi connectivity index (χ1) is 10.3. The predicted molar refractivity (Wildman–Crippen MR) is 86.3 cm³/mol. The van der Waals surface area contributed by atoms with Crippen molar-refractivity contribution in [2.75, 3.05) is 13.6 Å². The molecule has 0 fully saturated rings. The van der Waals surface area contributed by atoms with Crippen molar-refractivity contribution >= 4 is 0 Å². The van der Waals surface area contributed by atoms with Gasteiger partial charge in [-0.05, 0) is 50.8 Å². The van der Waals surface area contributed by atoms with Gasteiger partial charge in [0.05, 0.1) is 0 Å². The third-order valence-corrected chi connectivity index (χ3v) is 4.70. The van der Waals surface area contributed by atoms with Crippen molar-refractivity contribution in [3.63, 3.8) is 0 Å². The summed E-state index contributed by atoms with van der Waals surface area (Å²) in [5.74, 6) is 1.11. The molecule has 2 aromatic rings. The Hall–Kier alpha value is -1.61. The lowest BCUT2D eigenvalue weighted by molar-refractivity contribution is 0.215. The second-order valence-corrected chi connectivity index (χ2v) is 6.11. The van der Waals surface area contributed by atoms with Crippen LogP contribution in [0.4, 0.5) is 0 Å². The SMILES string of the molecule is Cc1nccn1CCCN(C)C1CCCc2ccccc21. The van der Waals surface area contributed by atoms with Gasteiger partial charge in [-0.15, -0.1) is 0 Å². The van der Waals surface area contributed by atoms with E-state index in [9.17, 15) is 0 Å². The molecule has 112 valence electrons. The summed E-state index contributed by atoms with van der Waals surface area (Å²) in [5, 5.41) is 0. The molecule has 0 bridgehead atoms. The van der Waals surface area contributed by atoms with Crippen molar-refractivity contribution in [3.05, 3.63) is 53.6 Å². The molecule has 0 N–H and O–H groups in total. The van der Waals surface area contributed by atoms with E-state index < -0.39 is 0 Å². The first-order valence-corrected chi connectivity index (χ1v) is 8.01. The molecule has 3 nitrogen and oxygen atoms in total. The summed E-state index contributed by atoms with van der Waals surface area (Å²) in [7, 11) is 2.27. The lowest BCUT2D eigenvalue weighted by Crippen LogP contribution is -2.29. The zero-order chi connectivity index (χ0) is 14.7. The van der Waals surface area contributed by atoms with Crippen molar-refractivity contribution in [3.8, 4) is 0 Å². The summed E-state index contributed by atoms with van der Waals surface area (Å²) in [4.78, 5) is 6.82. The Morgan fingerprint density at radius 2 is 2.19 bits per heavy atom. The first-order valence-electron chi connectivity index (χ1n) is 8.01. The fourth-order valence-corrected chi connectivity index (χ4v) is 3.47. The lowest BCUT2D eigenvalue weighted by Gasteiger charge is -2.33. The molecular formula is C18H25N3. The molecule has 1 unspecified atom stereocenters. The lowest BCUT2D eigenvalue weighted by atomic mass is 9.87. The zero-order valence-electron chi connectivity index (χ0n) is 13.1. The summed E-state index contributed by atoms with van der Waals surface area (Å²) >= 11 is 0. The van der Waals surface area contributed by atoms with Gasteiger partial charge < -0.3 is 4.57 Å². The normalized spacial score (nSPS) is 18.0.